The van der Waals surface area contributed by atoms with E-state index < -0.39 is 0 Å². The number of pyridine rings is 1. The van der Waals surface area contributed by atoms with E-state index in [1.165, 1.54) is 5.56 Å². The summed E-state index contributed by atoms with van der Waals surface area (Å²) in [6.45, 7) is 3.09. The van der Waals surface area contributed by atoms with Gasteiger partial charge in [-0.1, -0.05) is 18.2 Å². The second-order valence-electron chi connectivity index (χ2n) is 7.71. The van der Waals surface area contributed by atoms with Gasteiger partial charge < -0.3 is 14.6 Å². The molecule has 3 aromatic rings. The van der Waals surface area contributed by atoms with E-state index in [1.807, 2.05) is 41.4 Å². The molecule has 0 saturated carbocycles. The van der Waals surface area contributed by atoms with Crippen molar-refractivity contribution < 1.29 is 9.53 Å². The molecular formula is C22H24N4O2. The first-order valence-corrected chi connectivity index (χ1v) is 10.1. The van der Waals surface area contributed by atoms with Crippen LogP contribution in [0.2, 0.25) is 0 Å². The van der Waals surface area contributed by atoms with Crippen molar-refractivity contribution in [3.8, 4) is 0 Å². The van der Waals surface area contributed by atoms with Crippen molar-refractivity contribution in [2.24, 2.45) is 0 Å². The first-order chi connectivity index (χ1) is 13.8. The Hall–Kier alpha value is -2.73. The predicted molar refractivity (Wildman–Crippen MR) is 106 cm³/mol. The SMILES string of the molecule is O=C(c1ccccc1)N1CCC(c2ccnc3nc(C4CCOC4)[nH]c23)CC1. The zero-order valence-electron chi connectivity index (χ0n) is 15.8. The zero-order chi connectivity index (χ0) is 18.9. The summed E-state index contributed by atoms with van der Waals surface area (Å²) >= 11 is 0. The van der Waals surface area contributed by atoms with E-state index >= 15 is 0 Å². The number of H-pyrrole nitrogens is 1. The highest BCUT2D eigenvalue weighted by molar-refractivity contribution is 5.94. The number of aromatic amines is 1. The molecule has 2 aromatic heterocycles. The third-order valence-electron chi connectivity index (χ3n) is 6.00. The van der Waals surface area contributed by atoms with Crippen molar-refractivity contribution in [1.82, 2.24) is 19.9 Å². The Morgan fingerprint density at radius 3 is 2.64 bits per heavy atom. The lowest BCUT2D eigenvalue weighted by atomic mass is 9.89. The Morgan fingerprint density at radius 1 is 1.07 bits per heavy atom. The third kappa shape index (κ3) is 3.18. The molecule has 28 heavy (non-hydrogen) atoms. The van der Waals surface area contributed by atoms with Gasteiger partial charge in [-0.3, -0.25) is 4.79 Å². The number of carbonyl (C=O) groups is 1. The van der Waals surface area contributed by atoms with E-state index in [0.29, 0.717) is 11.8 Å². The van der Waals surface area contributed by atoms with Gasteiger partial charge in [-0.25, -0.2) is 9.97 Å². The van der Waals surface area contributed by atoms with Gasteiger partial charge in [0.2, 0.25) is 0 Å². The number of imidazole rings is 1. The summed E-state index contributed by atoms with van der Waals surface area (Å²) in [6, 6.07) is 11.7. The molecule has 1 N–H and O–H groups in total. The molecule has 6 heteroatoms. The number of hydrogen-bond donors (Lipinski definition) is 1. The molecule has 144 valence electrons. The highest BCUT2D eigenvalue weighted by Gasteiger charge is 2.27. The van der Waals surface area contributed by atoms with Gasteiger partial charge in [0.1, 0.15) is 5.82 Å². The fraction of sp³-hybridized carbons (Fsp3) is 0.409. The lowest BCUT2D eigenvalue weighted by Gasteiger charge is -2.32. The lowest BCUT2D eigenvalue weighted by molar-refractivity contribution is 0.0713. The summed E-state index contributed by atoms with van der Waals surface area (Å²) in [6.07, 6.45) is 4.78. The maximum absolute atomic E-state index is 12.7. The molecule has 1 atom stereocenters. The van der Waals surface area contributed by atoms with Crippen LogP contribution >= 0.6 is 0 Å². The topological polar surface area (TPSA) is 71.1 Å². The van der Waals surface area contributed by atoms with E-state index in [9.17, 15) is 4.79 Å². The normalized spacial score (nSPS) is 20.7. The molecule has 2 fully saturated rings. The number of nitrogens with zero attached hydrogens (tertiary/aromatic N) is 3. The highest BCUT2D eigenvalue weighted by Crippen LogP contribution is 2.33. The largest absolute Gasteiger partial charge is 0.381 e. The molecule has 0 radical (unpaired) electrons. The van der Waals surface area contributed by atoms with Crippen LogP contribution in [0.1, 0.15) is 52.8 Å². The first kappa shape index (κ1) is 17.4. The van der Waals surface area contributed by atoms with E-state index in [4.69, 9.17) is 9.72 Å². The Balaban J connectivity index is 1.33. The summed E-state index contributed by atoms with van der Waals surface area (Å²) < 4.78 is 5.51. The van der Waals surface area contributed by atoms with Crippen LogP contribution in [0.25, 0.3) is 11.2 Å². The minimum absolute atomic E-state index is 0.129. The molecule has 5 rings (SSSR count). The van der Waals surface area contributed by atoms with Crippen LogP contribution in [-0.2, 0) is 4.74 Å². The van der Waals surface area contributed by atoms with Gasteiger partial charge in [0.05, 0.1) is 12.1 Å². The van der Waals surface area contributed by atoms with E-state index in [-0.39, 0.29) is 5.91 Å². The quantitative estimate of drug-likeness (QED) is 0.760. The number of aromatic nitrogens is 3. The number of hydrogen-bond acceptors (Lipinski definition) is 4. The zero-order valence-corrected chi connectivity index (χ0v) is 15.8. The summed E-state index contributed by atoms with van der Waals surface area (Å²) in [5.41, 5.74) is 3.89. The van der Waals surface area contributed by atoms with Crippen LogP contribution in [-0.4, -0.2) is 52.1 Å². The first-order valence-electron chi connectivity index (χ1n) is 10.1. The molecule has 6 nitrogen and oxygen atoms in total. The second kappa shape index (κ2) is 7.36. The monoisotopic (exact) mass is 376 g/mol. The molecule has 2 saturated heterocycles. The lowest BCUT2D eigenvalue weighted by Crippen LogP contribution is -2.37. The number of benzene rings is 1. The average Bonchev–Trinajstić information content (AvgIpc) is 3.43. The third-order valence-corrected chi connectivity index (χ3v) is 6.00. The Kier molecular flexibility index (Phi) is 4.56. The van der Waals surface area contributed by atoms with Gasteiger partial charge in [0.25, 0.3) is 5.91 Å². The number of rotatable bonds is 3. The number of fused-ring (bicyclic) bond motifs is 1. The highest BCUT2D eigenvalue weighted by atomic mass is 16.5. The molecule has 1 unspecified atom stereocenters. The van der Waals surface area contributed by atoms with Crippen LogP contribution in [0.4, 0.5) is 0 Å². The molecule has 1 amide bonds. The second-order valence-corrected chi connectivity index (χ2v) is 7.71. The molecule has 2 aliphatic rings. The number of piperidine rings is 1. The van der Waals surface area contributed by atoms with Crippen molar-refractivity contribution in [3.05, 3.63) is 59.5 Å². The van der Waals surface area contributed by atoms with Crippen molar-refractivity contribution in [2.45, 2.75) is 31.1 Å². The maximum Gasteiger partial charge on any atom is 0.253 e. The standard InChI is InChI=1S/C22H24N4O2/c27-22(16-4-2-1-3-5-16)26-11-7-15(8-12-26)18-6-10-23-21-19(18)24-20(25-21)17-9-13-28-14-17/h1-6,10,15,17H,7-9,11-14H2,(H,23,24,25). The molecule has 1 aromatic carbocycles. The molecule has 4 heterocycles. The number of nitrogens with one attached hydrogen (secondary N) is 1. The van der Waals surface area contributed by atoms with E-state index in [1.54, 1.807) is 0 Å². The molecule has 0 aliphatic carbocycles. The minimum atomic E-state index is 0.129. The fourth-order valence-electron chi connectivity index (χ4n) is 4.39. The van der Waals surface area contributed by atoms with E-state index in [0.717, 1.165) is 68.1 Å². The van der Waals surface area contributed by atoms with Gasteiger partial charge in [0.15, 0.2) is 5.65 Å². The van der Waals surface area contributed by atoms with Crippen molar-refractivity contribution >= 4 is 17.1 Å². The van der Waals surface area contributed by atoms with Gasteiger partial charge in [-0.15, -0.1) is 0 Å². The number of carbonyl (C=O) groups excluding carboxylic acids is 1. The van der Waals surface area contributed by atoms with Crippen LogP contribution < -0.4 is 0 Å². The molecule has 2 aliphatic heterocycles. The smallest absolute Gasteiger partial charge is 0.253 e. The number of likely N-dealkylation sites (tertiary alicyclic amines) is 1. The Morgan fingerprint density at radius 2 is 1.89 bits per heavy atom. The summed E-state index contributed by atoms with van der Waals surface area (Å²) in [5, 5.41) is 0. The van der Waals surface area contributed by atoms with Gasteiger partial charge in [0, 0.05) is 37.4 Å². The van der Waals surface area contributed by atoms with Gasteiger partial charge in [-0.05, 0) is 48.9 Å². The number of ether oxygens (including phenoxy) is 1. The maximum atomic E-state index is 12.7. The predicted octanol–water partition coefficient (Wildman–Crippen LogP) is 3.48. The minimum Gasteiger partial charge on any atom is -0.381 e. The molecular weight excluding hydrogens is 352 g/mol. The number of amides is 1. The molecule has 0 bridgehead atoms. The van der Waals surface area contributed by atoms with Gasteiger partial charge in [-0.2, -0.15) is 0 Å². The fourth-order valence-corrected chi connectivity index (χ4v) is 4.39. The molecule has 0 spiro atoms. The Bertz CT molecular complexity index is 971. The van der Waals surface area contributed by atoms with Crippen molar-refractivity contribution in [1.29, 1.82) is 0 Å². The summed E-state index contributed by atoms with van der Waals surface area (Å²) in [4.78, 5) is 27.4. The van der Waals surface area contributed by atoms with Crippen LogP contribution in [0.3, 0.4) is 0 Å². The van der Waals surface area contributed by atoms with Crippen molar-refractivity contribution in [3.63, 3.8) is 0 Å². The summed E-state index contributed by atoms with van der Waals surface area (Å²) in [7, 11) is 0. The Labute approximate surface area is 163 Å². The van der Waals surface area contributed by atoms with E-state index in [2.05, 4.69) is 16.0 Å². The van der Waals surface area contributed by atoms with Crippen LogP contribution in [0.5, 0.6) is 0 Å². The van der Waals surface area contributed by atoms with Crippen LogP contribution in [0.15, 0.2) is 42.6 Å². The van der Waals surface area contributed by atoms with Crippen LogP contribution in [0, 0.1) is 0 Å². The van der Waals surface area contributed by atoms with Gasteiger partial charge >= 0.3 is 0 Å². The average molecular weight is 376 g/mol. The van der Waals surface area contributed by atoms with Crippen molar-refractivity contribution in [2.75, 3.05) is 26.3 Å². The summed E-state index contributed by atoms with van der Waals surface area (Å²) in [5.74, 6) is 1.87.